The second-order valence-electron chi connectivity index (χ2n) is 5.19. The molecule has 1 aromatic rings. The summed E-state index contributed by atoms with van der Waals surface area (Å²) in [5.41, 5.74) is 1.13. The van der Waals surface area contributed by atoms with E-state index in [4.69, 9.17) is 0 Å². The highest BCUT2D eigenvalue weighted by molar-refractivity contribution is 5.81. The van der Waals surface area contributed by atoms with Crippen LogP contribution < -0.4 is 5.32 Å². The average Bonchev–Trinajstić information content (AvgIpc) is 2.93. The first kappa shape index (κ1) is 14.1. The highest BCUT2D eigenvalue weighted by atomic mass is 16.2. The van der Waals surface area contributed by atoms with Gasteiger partial charge in [0.15, 0.2) is 0 Å². The molecule has 1 N–H and O–H groups in total. The SMILES string of the molecule is CCn1cc(CNC(C)C(=O)N2CCCCC2)cn1. The molecule has 1 atom stereocenters. The number of nitrogens with one attached hydrogen (secondary N) is 1. The normalized spacial score (nSPS) is 17.5. The van der Waals surface area contributed by atoms with E-state index in [9.17, 15) is 4.79 Å². The highest BCUT2D eigenvalue weighted by Gasteiger charge is 2.21. The van der Waals surface area contributed by atoms with Crippen LogP contribution >= 0.6 is 0 Å². The van der Waals surface area contributed by atoms with Gasteiger partial charge in [0.05, 0.1) is 12.2 Å². The Hall–Kier alpha value is -1.36. The van der Waals surface area contributed by atoms with Crippen LogP contribution in [0.4, 0.5) is 0 Å². The Kier molecular flexibility index (Phi) is 4.96. The minimum atomic E-state index is -0.122. The molecule has 1 saturated heterocycles. The highest BCUT2D eigenvalue weighted by Crippen LogP contribution is 2.10. The molecule has 19 heavy (non-hydrogen) atoms. The average molecular weight is 264 g/mol. The third-order valence-corrected chi connectivity index (χ3v) is 3.66. The Balaban J connectivity index is 1.79. The predicted octanol–water partition coefficient (Wildman–Crippen LogP) is 1.39. The van der Waals surface area contributed by atoms with Gasteiger partial charge in [-0.2, -0.15) is 5.10 Å². The van der Waals surface area contributed by atoms with E-state index in [-0.39, 0.29) is 11.9 Å². The van der Waals surface area contributed by atoms with Crippen molar-refractivity contribution >= 4 is 5.91 Å². The number of nitrogens with zero attached hydrogens (tertiary/aromatic N) is 3. The summed E-state index contributed by atoms with van der Waals surface area (Å²) in [4.78, 5) is 14.2. The summed E-state index contributed by atoms with van der Waals surface area (Å²) in [7, 11) is 0. The lowest BCUT2D eigenvalue weighted by Gasteiger charge is -2.29. The molecule has 1 unspecified atom stereocenters. The van der Waals surface area contributed by atoms with E-state index in [0.717, 1.165) is 38.0 Å². The van der Waals surface area contributed by atoms with Crippen LogP contribution in [-0.2, 0) is 17.9 Å². The summed E-state index contributed by atoms with van der Waals surface area (Å²) in [6.07, 6.45) is 7.41. The number of rotatable bonds is 5. The molecule has 0 aliphatic carbocycles. The Bertz CT molecular complexity index is 409. The van der Waals surface area contributed by atoms with Crippen molar-refractivity contribution in [1.29, 1.82) is 0 Å². The Morgan fingerprint density at radius 1 is 1.42 bits per heavy atom. The van der Waals surface area contributed by atoms with E-state index in [1.54, 1.807) is 0 Å². The van der Waals surface area contributed by atoms with Gasteiger partial charge in [0.2, 0.25) is 5.91 Å². The lowest BCUT2D eigenvalue weighted by molar-refractivity contribution is -0.133. The zero-order valence-electron chi connectivity index (χ0n) is 11.9. The predicted molar refractivity (Wildman–Crippen MR) is 74.6 cm³/mol. The monoisotopic (exact) mass is 264 g/mol. The van der Waals surface area contributed by atoms with Crippen LogP contribution in [0.15, 0.2) is 12.4 Å². The molecule has 1 amide bonds. The summed E-state index contributed by atoms with van der Waals surface area (Å²) in [6, 6.07) is -0.122. The van der Waals surface area contributed by atoms with Gasteiger partial charge in [-0.1, -0.05) is 0 Å². The van der Waals surface area contributed by atoms with E-state index < -0.39 is 0 Å². The standard InChI is InChI=1S/C14H24N4O/c1-3-18-11-13(10-16-18)9-15-12(2)14(19)17-7-5-4-6-8-17/h10-12,15H,3-9H2,1-2H3. The number of likely N-dealkylation sites (tertiary alicyclic amines) is 1. The fourth-order valence-corrected chi connectivity index (χ4v) is 2.42. The molecule has 0 saturated carbocycles. The zero-order valence-corrected chi connectivity index (χ0v) is 11.9. The number of carbonyl (C=O) groups is 1. The molecule has 5 heteroatoms. The Labute approximate surface area is 115 Å². The van der Waals surface area contributed by atoms with Crippen LogP contribution in [0, 0.1) is 0 Å². The van der Waals surface area contributed by atoms with Crippen LogP contribution in [0.25, 0.3) is 0 Å². The Morgan fingerprint density at radius 3 is 2.79 bits per heavy atom. The summed E-state index contributed by atoms with van der Waals surface area (Å²) in [5.74, 6) is 0.225. The summed E-state index contributed by atoms with van der Waals surface area (Å²) < 4.78 is 1.90. The van der Waals surface area contributed by atoms with Crippen molar-refractivity contribution in [2.24, 2.45) is 0 Å². The van der Waals surface area contributed by atoms with Crippen LogP contribution in [0.1, 0.15) is 38.7 Å². The minimum absolute atomic E-state index is 0.122. The molecule has 1 aliphatic heterocycles. The first-order chi connectivity index (χ1) is 9.20. The van der Waals surface area contributed by atoms with Gasteiger partial charge in [0.1, 0.15) is 0 Å². The van der Waals surface area contributed by atoms with Crippen molar-refractivity contribution in [3.8, 4) is 0 Å². The van der Waals surface area contributed by atoms with Gasteiger partial charge in [-0.15, -0.1) is 0 Å². The van der Waals surface area contributed by atoms with Gasteiger partial charge in [-0.3, -0.25) is 9.48 Å². The topological polar surface area (TPSA) is 50.2 Å². The van der Waals surface area contributed by atoms with Gasteiger partial charge in [0.25, 0.3) is 0 Å². The van der Waals surface area contributed by atoms with Crippen molar-refractivity contribution in [2.75, 3.05) is 13.1 Å². The fraction of sp³-hybridized carbons (Fsp3) is 0.714. The maximum atomic E-state index is 12.2. The van der Waals surface area contributed by atoms with Gasteiger partial charge >= 0.3 is 0 Å². The molecule has 0 aromatic carbocycles. The van der Waals surface area contributed by atoms with E-state index in [2.05, 4.69) is 17.3 Å². The lowest BCUT2D eigenvalue weighted by Crippen LogP contribution is -2.46. The maximum absolute atomic E-state index is 12.2. The zero-order chi connectivity index (χ0) is 13.7. The molecule has 0 radical (unpaired) electrons. The molecule has 0 bridgehead atoms. The number of hydrogen-bond donors (Lipinski definition) is 1. The first-order valence-corrected chi connectivity index (χ1v) is 7.24. The largest absolute Gasteiger partial charge is 0.341 e. The number of amides is 1. The van der Waals surface area contributed by atoms with Gasteiger partial charge in [0, 0.05) is 37.9 Å². The van der Waals surface area contributed by atoms with Gasteiger partial charge < -0.3 is 10.2 Å². The number of aromatic nitrogens is 2. The van der Waals surface area contributed by atoms with Crippen LogP contribution in [0.3, 0.4) is 0 Å². The number of piperidine rings is 1. The fourth-order valence-electron chi connectivity index (χ4n) is 2.42. The second kappa shape index (κ2) is 6.70. The molecule has 1 aliphatic rings. The van der Waals surface area contributed by atoms with Gasteiger partial charge in [-0.05, 0) is 33.1 Å². The molecule has 2 heterocycles. The van der Waals surface area contributed by atoms with Crippen molar-refractivity contribution < 1.29 is 4.79 Å². The molecule has 106 valence electrons. The molecule has 1 aromatic heterocycles. The third-order valence-electron chi connectivity index (χ3n) is 3.66. The quantitative estimate of drug-likeness (QED) is 0.874. The Morgan fingerprint density at radius 2 is 2.16 bits per heavy atom. The van der Waals surface area contributed by atoms with Crippen molar-refractivity contribution in [1.82, 2.24) is 20.0 Å². The lowest BCUT2D eigenvalue weighted by atomic mass is 10.1. The molecule has 0 spiro atoms. The maximum Gasteiger partial charge on any atom is 0.239 e. The third kappa shape index (κ3) is 3.80. The molecule has 2 rings (SSSR count). The first-order valence-electron chi connectivity index (χ1n) is 7.24. The van der Waals surface area contributed by atoms with Crippen molar-refractivity contribution in [3.05, 3.63) is 18.0 Å². The molecule has 5 nitrogen and oxygen atoms in total. The summed E-state index contributed by atoms with van der Waals surface area (Å²) in [6.45, 7) is 7.41. The summed E-state index contributed by atoms with van der Waals surface area (Å²) >= 11 is 0. The van der Waals surface area contributed by atoms with Crippen molar-refractivity contribution in [2.45, 2.75) is 52.2 Å². The van der Waals surface area contributed by atoms with Crippen LogP contribution in [-0.4, -0.2) is 39.7 Å². The van der Waals surface area contributed by atoms with E-state index in [1.165, 1.54) is 6.42 Å². The molecular formula is C14H24N4O. The van der Waals surface area contributed by atoms with Gasteiger partial charge in [-0.25, -0.2) is 0 Å². The van der Waals surface area contributed by atoms with Crippen molar-refractivity contribution in [3.63, 3.8) is 0 Å². The number of aryl methyl sites for hydroxylation is 1. The number of hydrogen-bond acceptors (Lipinski definition) is 3. The number of carbonyl (C=O) groups excluding carboxylic acids is 1. The smallest absolute Gasteiger partial charge is 0.239 e. The summed E-state index contributed by atoms with van der Waals surface area (Å²) in [5, 5.41) is 7.52. The minimum Gasteiger partial charge on any atom is -0.341 e. The molecule has 1 fully saturated rings. The van der Waals surface area contributed by atoms with E-state index >= 15 is 0 Å². The molecular weight excluding hydrogens is 240 g/mol. The van der Waals surface area contributed by atoms with Crippen LogP contribution in [0.5, 0.6) is 0 Å². The van der Waals surface area contributed by atoms with E-state index in [1.807, 2.05) is 28.9 Å². The second-order valence-corrected chi connectivity index (χ2v) is 5.19. The van der Waals surface area contributed by atoms with E-state index in [0.29, 0.717) is 6.54 Å². The van der Waals surface area contributed by atoms with Crippen LogP contribution in [0.2, 0.25) is 0 Å².